The number of amides is 2. The monoisotopic (exact) mass is 403 g/mol. The van der Waals surface area contributed by atoms with E-state index in [2.05, 4.69) is 31.8 Å². The number of hydrazone groups is 1. The largest absolute Gasteiger partial charge is 0.497 e. The minimum Gasteiger partial charge on any atom is -0.497 e. The summed E-state index contributed by atoms with van der Waals surface area (Å²) in [5, 5.41) is 6.51. The van der Waals surface area contributed by atoms with E-state index in [0.29, 0.717) is 11.3 Å². The summed E-state index contributed by atoms with van der Waals surface area (Å²) >= 11 is 3.36. The second-order valence-corrected chi connectivity index (χ2v) is 6.13. The molecule has 0 aromatic heterocycles. The molecule has 0 radical (unpaired) electrons. The summed E-state index contributed by atoms with van der Waals surface area (Å²) in [7, 11) is 1.55. The maximum Gasteiger partial charge on any atom is 0.262 e. The van der Waals surface area contributed by atoms with Crippen LogP contribution in [-0.2, 0) is 4.79 Å². The van der Waals surface area contributed by atoms with Gasteiger partial charge in [0.2, 0.25) is 0 Å². The first-order valence-electron chi connectivity index (χ1n) is 7.53. The molecule has 2 amide bonds. The highest BCUT2D eigenvalue weighted by atomic mass is 79.9. The van der Waals surface area contributed by atoms with E-state index in [0.717, 1.165) is 10.0 Å². The minimum absolute atomic E-state index is 0.346. The summed E-state index contributed by atoms with van der Waals surface area (Å²) in [5.74, 6) is -0.0985. The molecule has 0 saturated heterocycles. The number of hydrogen-bond donors (Lipinski definition) is 2. The van der Waals surface area contributed by atoms with Gasteiger partial charge >= 0.3 is 0 Å². The van der Waals surface area contributed by atoms with Crippen molar-refractivity contribution < 1.29 is 14.3 Å². The second-order valence-electron chi connectivity index (χ2n) is 5.21. The molecule has 2 aromatic rings. The third kappa shape index (κ3) is 5.72. The molecule has 1 unspecified atom stereocenters. The topological polar surface area (TPSA) is 79.8 Å². The Morgan fingerprint density at radius 1 is 1.20 bits per heavy atom. The smallest absolute Gasteiger partial charge is 0.262 e. The Balaban J connectivity index is 1.87. The van der Waals surface area contributed by atoms with E-state index < -0.39 is 11.9 Å². The quantitative estimate of drug-likeness (QED) is 0.574. The average molecular weight is 404 g/mol. The van der Waals surface area contributed by atoms with Crippen molar-refractivity contribution in [1.82, 2.24) is 10.7 Å². The summed E-state index contributed by atoms with van der Waals surface area (Å²) in [6, 6.07) is 13.4. The Labute approximate surface area is 154 Å². The third-order valence-electron chi connectivity index (χ3n) is 3.33. The molecule has 0 aliphatic heterocycles. The molecule has 1 atom stereocenters. The van der Waals surface area contributed by atoms with Crippen molar-refractivity contribution in [2.75, 3.05) is 7.11 Å². The fourth-order valence-electron chi connectivity index (χ4n) is 1.94. The second kappa shape index (κ2) is 8.98. The first-order valence-corrected chi connectivity index (χ1v) is 8.32. The molecular weight excluding hydrogens is 386 g/mol. The van der Waals surface area contributed by atoms with E-state index in [9.17, 15) is 9.59 Å². The van der Waals surface area contributed by atoms with Gasteiger partial charge in [0.05, 0.1) is 13.3 Å². The molecule has 0 spiro atoms. The Morgan fingerprint density at radius 2 is 1.92 bits per heavy atom. The standard InChI is InChI=1S/C18H18BrN3O3/c1-12(21-18(24)14-6-8-16(25-2)9-7-14)17(23)22-20-11-13-4-3-5-15(19)10-13/h3-12H,1-2H3,(H,21,24)(H,22,23). The van der Waals surface area contributed by atoms with Crippen molar-refractivity contribution in [2.45, 2.75) is 13.0 Å². The molecule has 0 aliphatic rings. The van der Waals surface area contributed by atoms with Gasteiger partial charge in [0.15, 0.2) is 0 Å². The predicted molar refractivity (Wildman–Crippen MR) is 99.8 cm³/mol. The van der Waals surface area contributed by atoms with Crippen LogP contribution in [0.2, 0.25) is 0 Å². The first kappa shape index (κ1) is 18.7. The van der Waals surface area contributed by atoms with E-state index in [1.807, 2.05) is 24.3 Å². The zero-order chi connectivity index (χ0) is 18.2. The lowest BCUT2D eigenvalue weighted by atomic mass is 10.2. The number of carbonyl (C=O) groups is 2. The van der Waals surface area contributed by atoms with Crippen molar-refractivity contribution in [1.29, 1.82) is 0 Å². The van der Waals surface area contributed by atoms with Crippen molar-refractivity contribution in [3.05, 3.63) is 64.1 Å². The van der Waals surface area contributed by atoms with Crippen LogP contribution in [0.1, 0.15) is 22.8 Å². The van der Waals surface area contributed by atoms with Crippen LogP contribution >= 0.6 is 15.9 Å². The van der Waals surface area contributed by atoms with Crippen molar-refractivity contribution in [3.8, 4) is 5.75 Å². The van der Waals surface area contributed by atoms with Crippen LogP contribution in [0.3, 0.4) is 0 Å². The minimum atomic E-state index is -0.728. The Morgan fingerprint density at radius 3 is 2.56 bits per heavy atom. The predicted octanol–water partition coefficient (Wildman–Crippen LogP) is 2.73. The van der Waals surface area contributed by atoms with Crippen LogP contribution in [0.4, 0.5) is 0 Å². The fourth-order valence-corrected chi connectivity index (χ4v) is 2.36. The molecule has 2 aromatic carbocycles. The van der Waals surface area contributed by atoms with Crippen molar-refractivity contribution >= 4 is 34.0 Å². The van der Waals surface area contributed by atoms with Crippen LogP contribution in [0.25, 0.3) is 0 Å². The molecule has 0 heterocycles. The van der Waals surface area contributed by atoms with Crippen LogP contribution in [0.5, 0.6) is 5.75 Å². The number of methoxy groups -OCH3 is 1. The van der Waals surface area contributed by atoms with E-state index in [1.54, 1.807) is 38.3 Å². The molecule has 0 bridgehead atoms. The normalized spacial score (nSPS) is 11.8. The van der Waals surface area contributed by atoms with Crippen molar-refractivity contribution in [3.63, 3.8) is 0 Å². The van der Waals surface area contributed by atoms with Gasteiger partial charge in [-0.25, -0.2) is 5.43 Å². The lowest BCUT2D eigenvalue weighted by Crippen LogP contribution is -2.43. The van der Waals surface area contributed by atoms with Gasteiger partial charge in [0, 0.05) is 10.0 Å². The summed E-state index contributed by atoms with van der Waals surface area (Å²) in [5.41, 5.74) is 3.69. The zero-order valence-corrected chi connectivity index (χ0v) is 15.4. The third-order valence-corrected chi connectivity index (χ3v) is 3.82. The number of halogens is 1. The van der Waals surface area contributed by atoms with Gasteiger partial charge in [-0.1, -0.05) is 28.1 Å². The summed E-state index contributed by atoms with van der Waals surface area (Å²) in [6.07, 6.45) is 1.53. The van der Waals surface area contributed by atoms with Crippen LogP contribution in [0.15, 0.2) is 58.1 Å². The van der Waals surface area contributed by atoms with Gasteiger partial charge in [-0.3, -0.25) is 9.59 Å². The molecule has 2 rings (SSSR count). The maximum absolute atomic E-state index is 12.1. The van der Waals surface area contributed by atoms with Gasteiger partial charge in [0.25, 0.3) is 11.8 Å². The highest BCUT2D eigenvalue weighted by molar-refractivity contribution is 9.10. The lowest BCUT2D eigenvalue weighted by molar-refractivity contribution is -0.122. The van der Waals surface area contributed by atoms with Crippen molar-refractivity contribution in [2.24, 2.45) is 5.10 Å². The Hall–Kier alpha value is -2.67. The van der Waals surface area contributed by atoms with Gasteiger partial charge < -0.3 is 10.1 Å². The van der Waals surface area contributed by atoms with Gasteiger partial charge in [-0.05, 0) is 48.9 Å². The van der Waals surface area contributed by atoms with E-state index in [1.165, 1.54) is 6.21 Å². The summed E-state index contributed by atoms with van der Waals surface area (Å²) in [6.45, 7) is 1.59. The van der Waals surface area contributed by atoms with Gasteiger partial charge in [-0.15, -0.1) is 0 Å². The van der Waals surface area contributed by atoms with E-state index in [4.69, 9.17) is 4.74 Å². The molecule has 0 aliphatic carbocycles. The molecule has 0 fully saturated rings. The Bertz CT molecular complexity index is 775. The Kier molecular flexibility index (Phi) is 6.71. The number of carbonyl (C=O) groups excluding carboxylic acids is 2. The molecule has 2 N–H and O–H groups in total. The lowest BCUT2D eigenvalue weighted by Gasteiger charge is -2.12. The summed E-state index contributed by atoms with van der Waals surface area (Å²) < 4.78 is 5.96. The molecule has 25 heavy (non-hydrogen) atoms. The number of ether oxygens (including phenoxy) is 1. The number of benzene rings is 2. The van der Waals surface area contributed by atoms with E-state index in [-0.39, 0.29) is 5.91 Å². The number of rotatable bonds is 6. The highest BCUT2D eigenvalue weighted by Gasteiger charge is 2.16. The highest BCUT2D eigenvalue weighted by Crippen LogP contribution is 2.11. The first-order chi connectivity index (χ1) is 12.0. The molecule has 7 heteroatoms. The van der Waals surface area contributed by atoms with E-state index >= 15 is 0 Å². The van der Waals surface area contributed by atoms with Gasteiger partial charge in [0.1, 0.15) is 11.8 Å². The van der Waals surface area contributed by atoms with Crippen LogP contribution < -0.4 is 15.5 Å². The SMILES string of the molecule is COc1ccc(C(=O)NC(C)C(=O)NN=Cc2cccc(Br)c2)cc1. The average Bonchev–Trinajstić information content (AvgIpc) is 2.61. The number of hydrogen-bond acceptors (Lipinski definition) is 4. The number of nitrogens with zero attached hydrogens (tertiary/aromatic N) is 1. The van der Waals surface area contributed by atoms with Gasteiger partial charge in [-0.2, -0.15) is 5.10 Å². The molecule has 6 nitrogen and oxygen atoms in total. The molecule has 0 saturated carbocycles. The van der Waals surface area contributed by atoms with Crippen LogP contribution in [0, 0.1) is 0 Å². The molecular formula is C18H18BrN3O3. The zero-order valence-electron chi connectivity index (χ0n) is 13.8. The number of nitrogens with one attached hydrogen (secondary N) is 2. The van der Waals surface area contributed by atoms with Crippen LogP contribution in [-0.4, -0.2) is 31.2 Å². The maximum atomic E-state index is 12.1. The molecule has 130 valence electrons. The summed E-state index contributed by atoms with van der Waals surface area (Å²) in [4.78, 5) is 24.1. The fraction of sp³-hybridized carbons (Fsp3) is 0.167.